The maximum absolute atomic E-state index is 4.76. The van der Waals surface area contributed by atoms with Crippen LogP contribution in [0.3, 0.4) is 0 Å². The van der Waals surface area contributed by atoms with Crippen molar-refractivity contribution in [1.29, 1.82) is 0 Å². The summed E-state index contributed by atoms with van der Waals surface area (Å²) in [6, 6.07) is 55.8. The van der Waals surface area contributed by atoms with Crippen LogP contribution in [0, 0.1) is 0 Å². The molecule has 0 spiro atoms. The van der Waals surface area contributed by atoms with Gasteiger partial charge in [0.05, 0.1) is 22.8 Å². The van der Waals surface area contributed by atoms with E-state index in [9.17, 15) is 0 Å². The van der Waals surface area contributed by atoms with Gasteiger partial charge in [0.1, 0.15) is 0 Å². The van der Waals surface area contributed by atoms with Crippen LogP contribution in [0.15, 0.2) is 183 Å². The minimum absolute atomic E-state index is 0.919. The van der Waals surface area contributed by atoms with Gasteiger partial charge in [-0.2, -0.15) is 0 Å². The first-order valence-electron chi connectivity index (χ1n) is 17.4. The molecule has 52 heavy (non-hydrogen) atoms. The number of hydrogen-bond donors (Lipinski definition) is 0. The van der Waals surface area contributed by atoms with Crippen LogP contribution in [0.25, 0.3) is 99.6 Å². The summed E-state index contributed by atoms with van der Waals surface area (Å²) in [6.45, 7) is 0. The first-order valence-corrected chi connectivity index (χ1v) is 17.4. The minimum Gasteiger partial charge on any atom is -0.256 e. The molecule has 4 nitrogen and oxygen atoms in total. The van der Waals surface area contributed by atoms with Crippen LogP contribution in [0.4, 0.5) is 0 Å². The molecule has 0 atom stereocenters. The smallest absolute Gasteiger partial charge is 0.0702 e. The second-order valence-electron chi connectivity index (χ2n) is 13.1. The molecule has 0 radical (unpaired) electrons. The van der Waals surface area contributed by atoms with Crippen LogP contribution in [-0.4, -0.2) is 19.9 Å². The van der Waals surface area contributed by atoms with Gasteiger partial charge in [-0.05, 0) is 146 Å². The molecule has 0 aliphatic carbocycles. The third kappa shape index (κ3) is 5.17. The maximum atomic E-state index is 4.76. The third-order valence-corrected chi connectivity index (χ3v) is 9.98. The van der Waals surface area contributed by atoms with E-state index in [4.69, 9.17) is 19.9 Å². The summed E-state index contributed by atoms with van der Waals surface area (Å²) in [6.07, 6.45) is 7.41. The predicted molar refractivity (Wildman–Crippen MR) is 214 cm³/mol. The maximum Gasteiger partial charge on any atom is 0.0702 e. The Labute approximate surface area is 301 Å². The van der Waals surface area contributed by atoms with Gasteiger partial charge in [0.25, 0.3) is 0 Å². The second kappa shape index (κ2) is 12.4. The lowest BCUT2D eigenvalue weighted by Crippen LogP contribution is -1.94. The molecule has 0 aliphatic rings. The van der Waals surface area contributed by atoms with Crippen LogP contribution in [0.1, 0.15) is 0 Å². The number of aromatic nitrogens is 4. The van der Waals surface area contributed by atoms with Gasteiger partial charge in [-0.1, -0.05) is 66.7 Å². The Morgan fingerprint density at radius 3 is 0.981 bits per heavy atom. The lowest BCUT2D eigenvalue weighted by Gasteiger charge is -2.20. The van der Waals surface area contributed by atoms with Crippen molar-refractivity contribution in [3.63, 3.8) is 0 Å². The highest BCUT2D eigenvalue weighted by atomic mass is 14.7. The first-order chi connectivity index (χ1) is 25.8. The van der Waals surface area contributed by atoms with Gasteiger partial charge in [0.2, 0.25) is 0 Å². The largest absolute Gasteiger partial charge is 0.256 e. The summed E-state index contributed by atoms with van der Waals surface area (Å²) in [5.41, 5.74) is 12.4. The zero-order valence-electron chi connectivity index (χ0n) is 28.1. The summed E-state index contributed by atoms with van der Waals surface area (Å²) in [7, 11) is 0. The second-order valence-corrected chi connectivity index (χ2v) is 13.1. The number of nitrogens with zero attached hydrogens (tertiary/aromatic N) is 4. The molecular formula is C48H30N4. The Morgan fingerprint density at radius 1 is 0.269 bits per heavy atom. The van der Waals surface area contributed by atoms with Crippen LogP contribution in [0.2, 0.25) is 0 Å². The van der Waals surface area contributed by atoms with Crippen LogP contribution in [-0.2, 0) is 0 Å². The minimum atomic E-state index is 0.919. The van der Waals surface area contributed by atoms with Crippen molar-refractivity contribution in [2.45, 2.75) is 0 Å². The molecule has 10 rings (SSSR count). The SMILES string of the molecule is c1ccc(-c2cc(-c3ccccn3)cc(-c3cc(-c4cc(-c5ccccn5)cc(-c5ccccn5)c4)c4ccc5cccc6ccc3c4c65)c2)nc1. The van der Waals surface area contributed by atoms with E-state index >= 15 is 0 Å². The third-order valence-electron chi connectivity index (χ3n) is 9.98. The summed E-state index contributed by atoms with van der Waals surface area (Å²) in [4.78, 5) is 19.0. The van der Waals surface area contributed by atoms with E-state index in [1.807, 2.05) is 73.3 Å². The fraction of sp³-hybridized carbons (Fsp3) is 0. The quantitative estimate of drug-likeness (QED) is 0.166. The van der Waals surface area contributed by atoms with Crippen molar-refractivity contribution in [2.75, 3.05) is 0 Å². The highest BCUT2D eigenvalue weighted by molar-refractivity contribution is 6.28. The summed E-state index contributed by atoms with van der Waals surface area (Å²) < 4.78 is 0. The van der Waals surface area contributed by atoms with E-state index in [0.717, 1.165) is 67.3 Å². The Hall–Kier alpha value is -7.04. The van der Waals surface area contributed by atoms with Crippen molar-refractivity contribution < 1.29 is 0 Å². The van der Waals surface area contributed by atoms with Crippen LogP contribution < -0.4 is 0 Å². The molecule has 242 valence electrons. The Morgan fingerprint density at radius 2 is 0.635 bits per heavy atom. The average Bonchev–Trinajstić information content (AvgIpc) is 3.23. The summed E-state index contributed by atoms with van der Waals surface area (Å²) >= 11 is 0. The van der Waals surface area contributed by atoms with Gasteiger partial charge in [-0.3, -0.25) is 19.9 Å². The molecule has 10 aromatic rings. The summed E-state index contributed by atoms with van der Waals surface area (Å²) in [5.74, 6) is 0. The molecule has 4 aromatic heterocycles. The van der Waals surface area contributed by atoms with E-state index in [1.54, 1.807) is 0 Å². The lowest BCUT2D eigenvalue weighted by atomic mass is 9.84. The topological polar surface area (TPSA) is 51.6 Å². The van der Waals surface area contributed by atoms with Gasteiger partial charge >= 0.3 is 0 Å². The van der Waals surface area contributed by atoms with Crippen molar-refractivity contribution in [1.82, 2.24) is 19.9 Å². The molecule has 0 unspecified atom stereocenters. The van der Waals surface area contributed by atoms with Crippen molar-refractivity contribution in [2.24, 2.45) is 0 Å². The zero-order valence-corrected chi connectivity index (χ0v) is 28.1. The molecule has 0 aliphatic heterocycles. The fourth-order valence-corrected chi connectivity index (χ4v) is 7.60. The van der Waals surface area contributed by atoms with E-state index in [0.29, 0.717) is 0 Å². The molecular weight excluding hydrogens is 633 g/mol. The molecule has 0 saturated heterocycles. The lowest BCUT2D eigenvalue weighted by molar-refractivity contribution is 1.31. The number of benzene rings is 6. The molecule has 0 saturated carbocycles. The Kier molecular flexibility index (Phi) is 7.10. The summed E-state index contributed by atoms with van der Waals surface area (Å²) in [5, 5.41) is 7.40. The predicted octanol–water partition coefficient (Wildman–Crippen LogP) is 12.2. The molecule has 0 N–H and O–H groups in total. The van der Waals surface area contributed by atoms with E-state index in [1.165, 1.54) is 32.3 Å². The number of hydrogen-bond acceptors (Lipinski definition) is 4. The molecule has 0 fully saturated rings. The normalized spacial score (nSPS) is 11.5. The highest BCUT2D eigenvalue weighted by Crippen LogP contribution is 2.46. The monoisotopic (exact) mass is 662 g/mol. The Bertz CT molecular complexity index is 2570. The Balaban J connectivity index is 1.31. The standard InChI is InChI=1S/C48H30N4/c1-5-20-49-43(12-1)35-24-33(25-36(28-35)44-13-2-6-21-50-44)41-30-42(40-19-17-32-11-9-10-31-16-18-39(41)48(40)47(31)32)34-26-37(45-14-3-7-22-51-45)29-38(27-34)46-15-4-8-23-52-46/h1-30H. The molecule has 0 amide bonds. The van der Waals surface area contributed by atoms with Gasteiger partial charge < -0.3 is 0 Å². The highest BCUT2D eigenvalue weighted by Gasteiger charge is 2.19. The van der Waals surface area contributed by atoms with Gasteiger partial charge in [-0.15, -0.1) is 0 Å². The number of pyridine rings is 4. The van der Waals surface area contributed by atoms with Gasteiger partial charge in [0.15, 0.2) is 0 Å². The molecule has 4 heteroatoms. The average molecular weight is 663 g/mol. The zero-order chi connectivity index (χ0) is 34.4. The molecule has 6 aromatic carbocycles. The van der Waals surface area contributed by atoms with Crippen molar-refractivity contribution >= 4 is 32.3 Å². The molecule has 4 heterocycles. The fourth-order valence-electron chi connectivity index (χ4n) is 7.60. The van der Waals surface area contributed by atoms with E-state index < -0.39 is 0 Å². The van der Waals surface area contributed by atoms with Crippen LogP contribution >= 0.6 is 0 Å². The number of rotatable bonds is 6. The van der Waals surface area contributed by atoms with Gasteiger partial charge in [-0.25, -0.2) is 0 Å². The first kappa shape index (κ1) is 29.8. The van der Waals surface area contributed by atoms with Crippen molar-refractivity contribution in [3.8, 4) is 67.3 Å². The van der Waals surface area contributed by atoms with Crippen LogP contribution in [0.5, 0.6) is 0 Å². The van der Waals surface area contributed by atoms with E-state index in [-0.39, 0.29) is 0 Å². The van der Waals surface area contributed by atoms with Crippen molar-refractivity contribution in [3.05, 3.63) is 183 Å². The van der Waals surface area contributed by atoms with E-state index in [2.05, 4.69) is 109 Å². The van der Waals surface area contributed by atoms with Gasteiger partial charge in [0, 0.05) is 47.0 Å². The molecule has 0 bridgehead atoms.